The predicted octanol–water partition coefficient (Wildman–Crippen LogP) is 2.30. The van der Waals surface area contributed by atoms with E-state index in [1.807, 2.05) is 23.1 Å². The van der Waals surface area contributed by atoms with Crippen LogP contribution in [0.4, 0.5) is 0 Å². The number of rotatable bonds is 5. The maximum absolute atomic E-state index is 12.3. The van der Waals surface area contributed by atoms with Gasteiger partial charge in [-0.3, -0.25) is 4.79 Å². The molecule has 2 N–H and O–H groups in total. The van der Waals surface area contributed by atoms with Crippen molar-refractivity contribution < 1.29 is 14.1 Å². The molecule has 1 amide bonds. The molecule has 0 radical (unpaired) electrons. The van der Waals surface area contributed by atoms with E-state index < -0.39 is 0 Å². The molecule has 25 heavy (non-hydrogen) atoms. The topological polar surface area (TPSA) is 81.6 Å². The van der Waals surface area contributed by atoms with Crippen LogP contribution < -0.4 is 10.5 Å². The summed E-state index contributed by atoms with van der Waals surface area (Å²) in [6.45, 7) is 3.72. The molecule has 0 bridgehead atoms. The van der Waals surface area contributed by atoms with E-state index in [-0.39, 0.29) is 30.3 Å². The van der Waals surface area contributed by atoms with Crippen molar-refractivity contribution in [3.8, 4) is 5.88 Å². The Labute approximate surface area is 153 Å². The number of likely N-dealkylation sites (tertiary alicyclic amines) is 1. The minimum Gasteiger partial charge on any atom is -0.465 e. The Morgan fingerprint density at radius 3 is 2.56 bits per heavy atom. The highest BCUT2D eigenvalue weighted by atomic mass is 35.5. The molecule has 1 fully saturated rings. The molecule has 1 aliphatic heterocycles. The molecular weight excluding hydrogens is 342 g/mol. The van der Waals surface area contributed by atoms with Gasteiger partial charge < -0.3 is 19.9 Å². The third-order valence-electron chi connectivity index (χ3n) is 4.80. The number of nitrogens with two attached hydrogens (primary N) is 1. The first kappa shape index (κ1) is 19.3. The minimum atomic E-state index is -0.0396. The Balaban J connectivity index is 0.00000225. The zero-order valence-corrected chi connectivity index (χ0v) is 15.1. The molecule has 0 spiro atoms. The first-order valence-corrected chi connectivity index (χ1v) is 8.22. The van der Waals surface area contributed by atoms with Crippen LogP contribution in [0.3, 0.4) is 0 Å². The molecule has 0 atom stereocenters. The number of aryl methyl sites for hydroxylation is 1. The highest BCUT2D eigenvalue weighted by Crippen LogP contribution is 2.34. The first-order chi connectivity index (χ1) is 11.6. The summed E-state index contributed by atoms with van der Waals surface area (Å²) in [4.78, 5) is 14.2. The molecule has 0 saturated carbocycles. The standard InChI is InChI=1S/C18H23N3O3.ClH/c1-14-11-16(20-24-14)23-12-17(22)21-9-7-18(13-19,8-10-21)15-5-3-2-4-6-15;/h2-6,11H,7-10,12-13,19H2,1H3;1H. The van der Waals surface area contributed by atoms with Gasteiger partial charge in [0.05, 0.1) is 0 Å². The second-order valence-corrected chi connectivity index (χ2v) is 6.30. The number of hydrogen-bond donors (Lipinski definition) is 1. The lowest BCUT2D eigenvalue weighted by atomic mass is 9.73. The van der Waals surface area contributed by atoms with Crippen molar-refractivity contribution in [2.24, 2.45) is 5.73 Å². The van der Waals surface area contributed by atoms with E-state index >= 15 is 0 Å². The van der Waals surface area contributed by atoms with E-state index in [0.29, 0.717) is 31.3 Å². The van der Waals surface area contributed by atoms with Crippen LogP contribution in [-0.2, 0) is 10.2 Å². The summed E-state index contributed by atoms with van der Waals surface area (Å²) in [7, 11) is 0. The fourth-order valence-electron chi connectivity index (χ4n) is 3.23. The second kappa shape index (κ2) is 8.36. The first-order valence-electron chi connectivity index (χ1n) is 8.22. The number of carbonyl (C=O) groups is 1. The fourth-order valence-corrected chi connectivity index (χ4v) is 3.23. The zero-order chi connectivity index (χ0) is 17.0. The number of ether oxygens (including phenoxy) is 1. The van der Waals surface area contributed by atoms with Gasteiger partial charge in [-0.1, -0.05) is 30.3 Å². The van der Waals surface area contributed by atoms with Gasteiger partial charge in [0.1, 0.15) is 5.76 Å². The van der Waals surface area contributed by atoms with Gasteiger partial charge in [0.25, 0.3) is 11.8 Å². The van der Waals surface area contributed by atoms with Crippen LogP contribution in [0, 0.1) is 6.92 Å². The molecule has 1 aromatic heterocycles. The number of benzene rings is 1. The molecule has 136 valence electrons. The van der Waals surface area contributed by atoms with Gasteiger partial charge in [-0.15, -0.1) is 12.4 Å². The summed E-state index contributed by atoms with van der Waals surface area (Å²) in [6.07, 6.45) is 1.73. The van der Waals surface area contributed by atoms with Crippen molar-refractivity contribution >= 4 is 18.3 Å². The fraction of sp³-hybridized carbons (Fsp3) is 0.444. The number of amides is 1. The maximum atomic E-state index is 12.3. The van der Waals surface area contributed by atoms with Crippen molar-refractivity contribution in [2.75, 3.05) is 26.2 Å². The van der Waals surface area contributed by atoms with Gasteiger partial charge in [0.15, 0.2) is 6.61 Å². The van der Waals surface area contributed by atoms with Crippen LogP contribution in [-0.4, -0.2) is 42.2 Å². The number of nitrogens with zero attached hydrogens (tertiary/aromatic N) is 2. The third-order valence-corrected chi connectivity index (χ3v) is 4.80. The average molecular weight is 366 g/mol. The Bertz CT molecular complexity index is 682. The van der Waals surface area contributed by atoms with Crippen LogP contribution in [0.2, 0.25) is 0 Å². The summed E-state index contributed by atoms with van der Waals surface area (Å²) in [5, 5.41) is 3.72. The van der Waals surface area contributed by atoms with Crippen LogP contribution in [0.15, 0.2) is 40.9 Å². The van der Waals surface area contributed by atoms with Crippen molar-refractivity contribution in [2.45, 2.75) is 25.2 Å². The van der Waals surface area contributed by atoms with Crippen LogP contribution in [0.5, 0.6) is 5.88 Å². The molecule has 7 heteroatoms. The molecule has 0 unspecified atom stereocenters. The summed E-state index contributed by atoms with van der Waals surface area (Å²) in [6, 6.07) is 12.0. The average Bonchev–Trinajstić information content (AvgIpc) is 3.06. The van der Waals surface area contributed by atoms with E-state index in [1.165, 1.54) is 5.56 Å². The maximum Gasteiger partial charge on any atom is 0.260 e. The second-order valence-electron chi connectivity index (χ2n) is 6.30. The molecular formula is C18H24ClN3O3. The molecule has 6 nitrogen and oxygen atoms in total. The number of carbonyl (C=O) groups excluding carboxylic acids is 1. The predicted molar refractivity (Wildman–Crippen MR) is 97.0 cm³/mol. The lowest BCUT2D eigenvalue weighted by Gasteiger charge is -2.41. The minimum absolute atomic E-state index is 0. The Hall–Kier alpha value is -2.05. The van der Waals surface area contributed by atoms with Gasteiger partial charge in [-0.05, 0) is 30.5 Å². The van der Waals surface area contributed by atoms with Gasteiger partial charge in [-0.25, -0.2) is 0 Å². The smallest absolute Gasteiger partial charge is 0.260 e. The lowest BCUT2D eigenvalue weighted by molar-refractivity contribution is -0.135. The monoisotopic (exact) mass is 365 g/mol. The van der Waals surface area contributed by atoms with Gasteiger partial charge >= 0.3 is 0 Å². The van der Waals surface area contributed by atoms with E-state index in [9.17, 15) is 4.79 Å². The highest BCUT2D eigenvalue weighted by Gasteiger charge is 2.36. The van der Waals surface area contributed by atoms with Crippen molar-refractivity contribution in [3.05, 3.63) is 47.7 Å². The van der Waals surface area contributed by atoms with Crippen molar-refractivity contribution in [1.82, 2.24) is 10.1 Å². The molecule has 2 heterocycles. The molecule has 1 aliphatic rings. The Morgan fingerprint density at radius 1 is 1.32 bits per heavy atom. The molecule has 0 aliphatic carbocycles. The van der Waals surface area contributed by atoms with E-state index in [4.69, 9.17) is 15.0 Å². The lowest BCUT2D eigenvalue weighted by Crippen LogP contribution is -2.49. The van der Waals surface area contributed by atoms with E-state index in [2.05, 4.69) is 17.3 Å². The Kier molecular flexibility index (Phi) is 6.45. The summed E-state index contributed by atoms with van der Waals surface area (Å²) >= 11 is 0. The summed E-state index contributed by atoms with van der Waals surface area (Å²) in [5.74, 6) is 0.971. The van der Waals surface area contributed by atoms with E-state index in [1.54, 1.807) is 13.0 Å². The summed E-state index contributed by atoms with van der Waals surface area (Å²) < 4.78 is 10.3. The van der Waals surface area contributed by atoms with Crippen molar-refractivity contribution in [1.29, 1.82) is 0 Å². The van der Waals surface area contributed by atoms with Gasteiger partial charge in [-0.2, -0.15) is 0 Å². The normalized spacial score (nSPS) is 16.2. The zero-order valence-electron chi connectivity index (χ0n) is 14.3. The van der Waals surface area contributed by atoms with Crippen LogP contribution in [0.1, 0.15) is 24.2 Å². The molecule has 1 aromatic carbocycles. The summed E-state index contributed by atoms with van der Waals surface area (Å²) in [5.41, 5.74) is 7.30. The Morgan fingerprint density at radius 2 is 2.00 bits per heavy atom. The SMILES string of the molecule is Cc1cc(OCC(=O)N2CCC(CN)(c3ccccc3)CC2)no1.Cl. The van der Waals surface area contributed by atoms with Crippen LogP contribution in [0.25, 0.3) is 0 Å². The van der Waals surface area contributed by atoms with Gasteiger partial charge in [0.2, 0.25) is 0 Å². The number of halogens is 1. The number of hydrogen-bond acceptors (Lipinski definition) is 5. The third kappa shape index (κ3) is 4.32. The number of aromatic nitrogens is 1. The van der Waals surface area contributed by atoms with E-state index in [0.717, 1.165) is 12.8 Å². The van der Waals surface area contributed by atoms with Crippen LogP contribution >= 0.6 is 12.4 Å². The van der Waals surface area contributed by atoms with Crippen molar-refractivity contribution in [3.63, 3.8) is 0 Å². The van der Waals surface area contributed by atoms with Gasteiger partial charge in [0, 0.05) is 31.1 Å². The molecule has 1 saturated heterocycles. The molecule has 3 rings (SSSR count). The molecule has 2 aromatic rings. The number of piperidine rings is 1. The quantitative estimate of drug-likeness (QED) is 0.879. The highest BCUT2D eigenvalue weighted by molar-refractivity contribution is 5.85. The largest absolute Gasteiger partial charge is 0.465 e.